The second-order valence-electron chi connectivity index (χ2n) is 5.04. The van der Waals surface area contributed by atoms with E-state index in [1.54, 1.807) is 24.3 Å². The fourth-order valence-corrected chi connectivity index (χ4v) is 2.54. The summed E-state index contributed by atoms with van der Waals surface area (Å²) < 4.78 is 5.03. The molecule has 4 nitrogen and oxygen atoms in total. The highest BCUT2D eigenvalue weighted by Gasteiger charge is 2.14. The van der Waals surface area contributed by atoms with Crippen LogP contribution in [0, 0.1) is 13.8 Å². The molecule has 0 spiro atoms. The summed E-state index contributed by atoms with van der Waals surface area (Å²) in [5.74, 6) is -1.07. The molecular formula is C17H15Cl2NO3. The predicted octanol–water partition coefficient (Wildman–Crippen LogP) is 4.41. The molecule has 120 valence electrons. The number of anilines is 1. The van der Waals surface area contributed by atoms with Crippen molar-refractivity contribution in [3.8, 4) is 0 Å². The molecule has 0 heterocycles. The van der Waals surface area contributed by atoms with Crippen LogP contribution in [0.1, 0.15) is 21.5 Å². The van der Waals surface area contributed by atoms with Crippen molar-refractivity contribution in [3.63, 3.8) is 0 Å². The number of esters is 1. The van der Waals surface area contributed by atoms with Gasteiger partial charge in [-0.3, -0.25) is 4.79 Å². The number of rotatable bonds is 4. The second kappa shape index (κ2) is 7.49. The van der Waals surface area contributed by atoms with Crippen molar-refractivity contribution in [2.45, 2.75) is 13.8 Å². The molecule has 0 fully saturated rings. The molecule has 0 saturated carbocycles. The highest BCUT2D eigenvalue weighted by Crippen LogP contribution is 2.29. The molecular weight excluding hydrogens is 337 g/mol. The van der Waals surface area contributed by atoms with Gasteiger partial charge in [0, 0.05) is 0 Å². The molecule has 23 heavy (non-hydrogen) atoms. The average Bonchev–Trinajstić information content (AvgIpc) is 2.49. The number of carbonyl (C=O) groups is 2. The third-order valence-electron chi connectivity index (χ3n) is 3.16. The lowest BCUT2D eigenvalue weighted by atomic mass is 10.1. The minimum Gasteiger partial charge on any atom is -0.452 e. The fourth-order valence-electron chi connectivity index (χ4n) is 2.04. The van der Waals surface area contributed by atoms with Gasteiger partial charge in [0.15, 0.2) is 6.61 Å². The van der Waals surface area contributed by atoms with Crippen LogP contribution in [0.25, 0.3) is 0 Å². The SMILES string of the molecule is Cc1ccc(C(=O)OCC(=O)Nc2c(Cl)cccc2Cl)c(C)c1. The van der Waals surface area contributed by atoms with E-state index in [4.69, 9.17) is 27.9 Å². The van der Waals surface area contributed by atoms with Crippen LogP contribution in [0.4, 0.5) is 5.69 Å². The Kier molecular flexibility index (Phi) is 5.64. The van der Waals surface area contributed by atoms with Crippen molar-refractivity contribution in [1.82, 2.24) is 0 Å². The summed E-state index contributed by atoms with van der Waals surface area (Å²) in [6, 6.07) is 10.2. The Morgan fingerprint density at radius 1 is 1.09 bits per heavy atom. The van der Waals surface area contributed by atoms with Crippen LogP contribution < -0.4 is 5.32 Å². The van der Waals surface area contributed by atoms with Crippen LogP contribution in [-0.4, -0.2) is 18.5 Å². The zero-order chi connectivity index (χ0) is 17.0. The summed E-state index contributed by atoms with van der Waals surface area (Å²) >= 11 is 11.9. The molecule has 0 aromatic heterocycles. The molecule has 0 aliphatic heterocycles. The number of halogens is 2. The number of amides is 1. The number of aryl methyl sites for hydroxylation is 2. The van der Waals surface area contributed by atoms with E-state index in [9.17, 15) is 9.59 Å². The maximum absolute atomic E-state index is 12.0. The van der Waals surface area contributed by atoms with Crippen molar-refractivity contribution in [3.05, 3.63) is 63.1 Å². The van der Waals surface area contributed by atoms with Crippen molar-refractivity contribution < 1.29 is 14.3 Å². The van der Waals surface area contributed by atoms with E-state index < -0.39 is 18.5 Å². The molecule has 0 radical (unpaired) electrons. The largest absolute Gasteiger partial charge is 0.452 e. The standard InChI is InChI=1S/C17H15Cl2NO3/c1-10-6-7-12(11(2)8-10)17(22)23-9-15(21)20-16-13(18)4-3-5-14(16)19/h3-8H,9H2,1-2H3,(H,20,21). The van der Waals surface area contributed by atoms with Crippen LogP contribution in [0.2, 0.25) is 10.0 Å². The summed E-state index contributed by atoms with van der Waals surface area (Å²) in [4.78, 5) is 23.9. The first-order chi connectivity index (χ1) is 10.9. The van der Waals surface area contributed by atoms with Gasteiger partial charge < -0.3 is 10.1 Å². The monoisotopic (exact) mass is 351 g/mol. The Bertz CT molecular complexity index is 739. The van der Waals surface area contributed by atoms with Gasteiger partial charge in [0.25, 0.3) is 5.91 Å². The van der Waals surface area contributed by atoms with Gasteiger partial charge in [-0.05, 0) is 37.6 Å². The fraction of sp³-hybridized carbons (Fsp3) is 0.176. The maximum atomic E-state index is 12.0. The molecule has 0 atom stereocenters. The zero-order valence-electron chi connectivity index (χ0n) is 12.7. The van der Waals surface area contributed by atoms with Crippen LogP contribution in [-0.2, 0) is 9.53 Å². The van der Waals surface area contributed by atoms with Gasteiger partial charge in [-0.25, -0.2) is 4.79 Å². The Morgan fingerprint density at radius 3 is 2.35 bits per heavy atom. The molecule has 0 saturated heterocycles. The lowest BCUT2D eigenvalue weighted by Gasteiger charge is -2.10. The Morgan fingerprint density at radius 2 is 1.74 bits per heavy atom. The number of ether oxygens (including phenoxy) is 1. The summed E-state index contributed by atoms with van der Waals surface area (Å²) in [5.41, 5.74) is 2.57. The van der Waals surface area contributed by atoms with Crippen LogP contribution >= 0.6 is 23.2 Å². The smallest absolute Gasteiger partial charge is 0.338 e. The van der Waals surface area contributed by atoms with Gasteiger partial charge in [0.1, 0.15) is 0 Å². The summed E-state index contributed by atoms with van der Waals surface area (Å²) in [7, 11) is 0. The second-order valence-corrected chi connectivity index (χ2v) is 5.85. The minimum atomic E-state index is -0.553. The molecule has 0 aliphatic carbocycles. The zero-order valence-corrected chi connectivity index (χ0v) is 14.2. The van der Waals surface area contributed by atoms with Gasteiger partial charge in [-0.15, -0.1) is 0 Å². The van der Waals surface area contributed by atoms with Gasteiger partial charge in [0.2, 0.25) is 0 Å². The third-order valence-corrected chi connectivity index (χ3v) is 3.79. The van der Waals surface area contributed by atoms with Crippen molar-refractivity contribution in [2.24, 2.45) is 0 Å². The van der Waals surface area contributed by atoms with Crippen LogP contribution in [0.3, 0.4) is 0 Å². The molecule has 1 N–H and O–H groups in total. The highest BCUT2D eigenvalue weighted by atomic mass is 35.5. The van der Waals surface area contributed by atoms with Crippen molar-refractivity contribution >= 4 is 40.8 Å². The number of carbonyl (C=O) groups excluding carboxylic acids is 2. The number of hydrogen-bond acceptors (Lipinski definition) is 3. The van der Waals surface area contributed by atoms with Crippen LogP contribution in [0.15, 0.2) is 36.4 Å². The van der Waals surface area contributed by atoms with Gasteiger partial charge in [0.05, 0.1) is 21.3 Å². The Hall–Kier alpha value is -2.04. The molecule has 1 amide bonds. The number of para-hydroxylation sites is 1. The summed E-state index contributed by atoms with van der Waals surface area (Å²) in [5, 5.41) is 3.15. The quantitative estimate of drug-likeness (QED) is 0.830. The Balaban J connectivity index is 1.98. The lowest BCUT2D eigenvalue weighted by Crippen LogP contribution is -2.21. The van der Waals surface area contributed by atoms with Gasteiger partial charge in [-0.1, -0.05) is 47.0 Å². The first kappa shape index (κ1) is 17.3. The molecule has 0 unspecified atom stereocenters. The molecule has 0 aliphatic rings. The molecule has 6 heteroatoms. The predicted molar refractivity (Wildman–Crippen MR) is 91.3 cm³/mol. The number of hydrogen-bond donors (Lipinski definition) is 1. The normalized spacial score (nSPS) is 10.3. The van der Waals surface area contributed by atoms with Crippen molar-refractivity contribution in [1.29, 1.82) is 0 Å². The number of nitrogens with one attached hydrogen (secondary N) is 1. The molecule has 2 aromatic rings. The van der Waals surface area contributed by atoms with Gasteiger partial charge >= 0.3 is 5.97 Å². The number of benzene rings is 2. The van der Waals surface area contributed by atoms with E-state index in [0.29, 0.717) is 21.3 Å². The average molecular weight is 352 g/mol. The first-order valence-electron chi connectivity index (χ1n) is 6.86. The third kappa shape index (κ3) is 4.47. The van der Waals surface area contributed by atoms with E-state index >= 15 is 0 Å². The summed E-state index contributed by atoms with van der Waals surface area (Å²) in [6.45, 7) is 3.32. The minimum absolute atomic E-state index is 0.295. The van der Waals surface area contributed by atoms with E-state index in [0.717, 1.165) is 11.1 Å². The van der Waals surface area contributed by atoms with Crippen LogP contribution in [0.5, 0.6) is 0 Å². The topological polar surface area (TPSA) is 55.4 Å². The summed E-state index contributed by atoms with van der Waals surface area (Å²) in [6.07, 6.45) is 0. The Labute approximate surface area is 144 Å². The van der Waals surface area contributed by atoms with E-state index in [2.05, 4.69) is 5.32 Å². The molecule has 2 rings (SSSR count). The first-order valence-corrected chi connectivity index (χ1v) is 7.62. The molecule has 2 aromatic carbocycles. The van der Waals surface area contributed by atoms with E-state index in [1.165, 1.54) is 0 Å². The maximum Gasteiger partial charge on any atom is 0.338 e. The van der Waals surface area contributed by atoms with Gasteiger partial charge in [-0.2, -0.15) is 0 Å². The van der Waals surface area contributed by atoms with Crippen molar-refractivity contribution in [2.75, 3.05) is 11.9 Å². The van der Waals surface area contributed by atoms with E-state index in [1.807, 2.05) is 26.0 Å². The van der Waals surface area contributed by atoms with E-state index in [-0.39, 0.29) is 0 Å². The highest BCUT2D eigenvalue weighted by molar-refractivity contribution is 6.39. The molecule has 0 bridgehead atoms. The lowest BCUT2D eigenvalue weighted by molar-refractivity contribution is -0.119.